The van der Waals surface area contributed by atoms with Gasteiger partial charge in [-0.1, -0.05) is 0 Å². The zero-order valence-corrected chi connectivity index (χ0v) is 19.5. The van der Waals surface area contributed by atoms with Crippen molar-refractivity contribution >= 4 is 5.97 Å². The Labute approximate surface area is 184 Å². The molecule has 29 heavy (non-hydrogen) atoms. The standard InChI is InChI=1S/C26H30IO2/c1-25(2,26-15-18-12-19(16-26)14-20(13-18)17-26)29-24(28)21-8-10-23(11-9-21)27-22-6-4-3-5-7-22/h3-11,18-20H,12-17H2,1-2H3/q-1. The Kier molecular flexibility index (Phi) is 5.00. The number of benzene rings is 2. The van der Waals surface area contributed by atoms with E-state index in [2.05, 4.69) is 56.3 Å². The van der Waals surface area contributed by atoms with Crippen molar-refractivity contribution in [1.82, 2.24) is 0 Å². The van der Waals surface area contributed by atoms with Crippen LogP contribution in [0, 0.1) is 30.3 Å². The number of ether oxygens (including phenoxy) is 1. The number of esters is 1. The summed E-state index contributed by atoms with van der Waals surface area (Å²) in [6.07, 6.45) is 7.99. The van der Waals surface area contributed by atoms with Crippen molar-refractivity contribution < 1.29 is 30.7 Å². The Morgan fingerprint density at radius 2 is 1.38 bits per heavy atom. The molecule has 6 rings (SSSR count). The molecule has 0 unspecified atom stereocenters. The third kappa shape index (κ3) is 3.75. The van der Waals surface area contributed by atoms with Crippen molar-refractivity contribution in [3.05, 3.63) is 67.3 Å². The van der Waals surface area contributed by atoms with Gasteiger partial charge in [-0.2, -0.15) is 0 Å². The number of rotatable bonds is 5. The molecule has 0 aliphatic heterocycles. The van der Waals surface area contributed by atoms with Gasteiger partial charge in [0.05, 0.1) is 0 Å². The van der Waals surface area contributed by atoms with Crippen LogP contribution in [-0.2, 0) is 4.74 Å². The maximum atomic E-state index is 13.0. The van der Waals surface area contributed by atoms with Gasteiger partial charge < -0.3 is 0 Å². The molecule has 4 fully saturated rings. The fraction of sp³-hybridized carbons (Fsp3) is 0.500. The quantitative estimate of drug-likeness (QED) is 0.466. The van der Waals surface area contributed by atoms with Crippen LogP contribution in [0.15, 0.2) is 54.6 Å². The Hall–Kier alpha value is -1.36. The number of carbonyl (C=O) groups excluding carboxylic acids is 1. The van der Waals surface area contributed by atoms with Crippen molar-refractivity contribution in [2.45, 2.75) is 58.0 Å². The Balaban J connectivity index is 1.28. The number of carbonyl (C=O) groups is 1. The molecule has 0 N–H and O–H groups in total. The second-order valence-electron chi connectivity index (χ2n) is 9.99. The molecule has 2 nitrogen and oxygen atoms in total. The summed E-state index contributed by atoms with van der Waals surface area (Å²) in [6, 6.07) is 18.7. The van der Waals surface area contributed by atoms with Gasteiger partial charge in [0, 0.05) is 0 Å². The molecule has 4 saturated carbocycles. The minimum atomic E-state index is -0.393. The van der Waals surface area contributed by atoms with Crippen LogP contribution in [0.3, 0.4) is 0 Å². The van der Waals surface area contributed by atoms with Crippen LogP contribution >= 0.6 is 0 Å². The SMILES string of the molecule is CC(C)(OC(=O)c1ccc([I-]c2ccccc2)cc1)C12CC3CC(CC(C3)C1)C2. The van der Waals surface area contributed by atoms with Gasteiger partial charge in [0.1, 0.15) is 0 Å². The van der Waals surface area contributed by atoms with Crippen LogP contribution in [0.5, 0.6) is 0 Å². The minimum absolute atomic E-state index is 0.157. The third-order valence-corrected chi connectivity index (χ3v) is 10.4. The summed E-state index contributed by atoms with van der Waals surface area (Å²) in [5, 5.41) is 0. The Morgan fingerprint density at radius 1 is 0.862 bits per heavy atom. The summed E-state index contributed by atoms with van der Waals surface area (Å²) in [7, 11) is 0. The molecule has 4 aliphatic carbocycles. The summed E-state index contributed by atoms with van der Waals surface area (Å²) in [5.74, 6) is 2.43. The molecule has 2 aromatic rings. The van der Waals surface area contributed by atoms with Crippen molar-refractivity contribution in [2.24, 2.45) is 23.2 Å². The molecule has 2 aromatic carbocycles. The molecule has 0 heterocycles. The maximum absolute atomic E-state index is 13.0. The molecule has 4 bridgehead atoms. The molecule has 0 radical (unpaired) electrons. The predicted octanol–water partition coefficient (Wildman–Crippen LogP) is 2.97. The second-order valence-corrected chi connectivity index (χ2v) is 13.0. The molecule has 0 atom stereocenters. The van der Waals surface area contributed by atoms with Gasteiger partial charge in [0.25, 0.3) is 0 Å². The van der Waals surface area contributed by atoms with E-state index in [1.54, 1.807) is 0 Å². The molecule has 0 spiro atoms. The first-order valence-corrected chi connectivity index (χ1v) is 13.1. The molecule has 0 aromatic heterocycles. The number of halogens is 1. The molecule has 154 valence electrons. The van der Waals surface area contributed by atoms with Gasteiger partial charge in [-0.05, 0) is 0 Å². The van der Waals surface area contributed by atoms with Crippen LogP contribution in [0.25, 0.3) is 0 Å². The van der Waals surface area contributed by atoms with E-state index in [1.807, 2.05) is 12.1 Å². The molecule has 0 amide bonds. The average molecular weight is 501 g/mol. The second kappa shape index (κ2) is 7.40. The van der Waals surface area contributed by atoms with E-state index in [0.29, 0.717) is 5.56 Å². The van der Waals surface area contributed by atoms with E-state index in [-0.39, 0.29) is 32.6 Å². The van der Waals surface area contributed by atoms with Gasteiger partial charge in [0.15, 0.2) is 0 Å². The van der Waals surface area contributed by atoms with E-state index in [1.165, 1.54) is 45.7 Å². The molecular formula is C26H30IO2-. The van der Waals surface area contributed by atoms with E-state index in [9.17, 15) is 4.79 Å². The van der Waals surface area contributed by atoms with E-state index < -0.39 is 5.60 Å². The van der Waals surface area contributed by atoms with Gasteiger partial charge in [0.2, 0.25) is 0 Å². The van der Waals surface area contributed by atoms with Crippen molar-refractivity contribution in [1.29, 1.82) is 0 Å². The predicted molar refractivity (Wildman–Crippen MR) is 110 cm³/mol. The van der Waals surface area contributed by atoms with Crippen LogP contribution in [-0.4, -0.2) is 11.6 Å². The van der Waals surface area contributed by atoms with Crippen LogP contribution in [0.1, 0.15) is 62.7 Å². The first kappa shape index (κ1) is 19.6. The molecule has 0 saturated heterocycles. The summed E-state index contributed by atoms with van der Waals surface area (Å²) >= 11 is -0.204. The van der Waals surface area contributed by atoms with Crippen molar-refractivity contribution in [2.75, 3.05) is 0 Å². The summed E-state index contributed by atoms with van der Waals surface area (Å²) in [6.45, 7) is 4.35. The fourth-order valence-electron chi connectivity index (χ4n) is 6.50. The van der Waals surface area contributed by atoms with Gasteiger partial charge in [-0.25, -0.2) is 0 Å². The van der Waals surface area contributed by atoms with Crippen LogP contribution in [0.2, 0.25) is 0 Å². The summed E-state index contributed by atoms with van der Waals surface area (Å²) < 4.78 is 8.96. The van der Waals surface area contributed by atoms with Gasteiger partial charge >= 0.3 is 185 Å². The van der Waals surface area contributed by atoms with E-state index in [4.69, 9.17) is 4.74 Å². The molecular weight excluding hydrogens is 471 g/mol. The third-order valence-electron chi connectivity index (χ3n) is 7.69. The summed E-state index contributed by atoms with van der Waals surface area (Å²) in [4.78, 5) is 13.0. The average Bonchev–Trinajstić information content (AvgIpc) is 2.68. The topological polar surface area (TPSA) is 26.3 Å². The van der Waals surface area contributed by atoms with Crippen molar-refractivity contribution in [3.8, 4) is 0 Å². The van der Waals surface area contributed by atoms with Crippen LogP contribution < -0.4 is 21.2 Å². The first-order valence-electron chi connectivity index (χ1n) is 11.0. The van der Waals surface area contributed by atoms with E-state index in [0.717, 1.165) is 17.8 Å². The van der Waals surface area contributed by atoms with Crippen LogP contribution in [0.4, 0.5) is 0 Å². The zero-order valence-electron chi connectivity index (χ0n) is 17.4. The molecule has 4 aliphatic rings. The monoisotopic (exact) mass is 501 g/mol. The Bertz CT molecular complexity index is 849. The zero-order chi connectivity index (χ0) is 20.1. The first-order chi connectivity index (χ1) is 13.9. The number of hydrogen-bond donors (Lipinski definition) is 0. The fourth-order valence-corrected chi connectivity index (χ4v) is 8.71. The normalized spacial score (nSPS) is 30.5. The van der Waals surface area contributed by atoms with Gasteiger partial charge in [-0.15, -0.1) is 0 Å². The van der Waals surface area contributed by atoms with E-state index >= 15 is 0 Å². The number of hydrogen-bond acceptors (Lipinski definition) is 2. The molecule has 3 heteroatoms. The summed E-state index contributed by atoms with van der Waals surface area (Å²) in [5.41, 5.74) is 0.481. The van der Waals surface area contributed by atoms with Crippen molar-refractivity contribution in [3.63, 3.8) is 0 Å². The van der Waals surface area contributed by atoms with Gasteiger partial charge in [-0.3, -0.25) is 0 Å². The Morgan fingerprint density at radius 3 is 1.93 bits per heavy atom.